The smallest absolute Gasteiger partial charge is 0.0671 e. The summed E-state index contributed by atoms with van der Waals surface area (Å²) >= 11 is 1.88. The van der Waals surface area contributed by atoms with Crippen LogP contribution >= 0.6 is 11.3 Å². The minimum Gasteiger partial charge on any atom is -0.309 e. The van der Waals surface area contributed by atoms with E-state index < -0.39 is 0 Å². The van der Waals surface area contributed by atoms with Crippen LogP contribution in [0.25, 0.3) is 10.1 Å². The molecule has 1 atom stereocenters. The van der Waals surface area contributed by atoms with Crippen LogP contribution in [0.2, 0.25) is 0 Å². The highest BCUT2D eigenvalue weighted by atomic mass is 32.1. The first-order valence-corrected chi connectivity index (χ1v) is 7.73. The number of rotatable bonds is 3. The highest BCUT2D eigenvalue weighted by Crippen LogP contribution is 2.34. The normalized spacial score (nSPS) is 12.8. The summed E-state index contributed by atoms with van der Waals surface area (Å²) in [4.78, 5) is 1.38. The van der Waals surface area contributed by atoms with E-state index in [9.17, 15) is 0 Å². The largest absolute Gasteiger partial charge is 0.309 e. The van der Waals surface area contributed by atoms with Crippen LogP contribution in [0.15, 0.2) is 48.5 Å². The molecule has 0 saturated heterocycles. The second-order valence-corrected chi connectivity index (χ2v) is 6.38. The number of hydrogen-bond acceptors (Lipinski definition) is 2. The number of nitrogens with one attached hydrogen (secondary N) is 1. The molecule has 2 heteroatoms. The Morgan fingerprint density at radius 1 is 1.00 bits per heavy atom. The molecule has 0 aliphatic carbocycles. The van der Waals surface area contributed by atoms with Gasteiger partial charge in [0.05, 0.1) is 6.04 Å². The van der Waals surface area contributed by atoms with Crippen molar-refractivity contribution in [3.63, 3.8) is 0 Å². The third kappa shape index (κ3) is 2.37. The second kappa shape index (κ2) is 5.39. The van der Waals surface area contributed by atoms with Gasteiger partial charge >= 0.3 is 0 Å². The van der Waals surface area contributed by atoms with E-state index in [0.717, 1.165) is 0 Å². The van der Waals surface area contributed by atoms with Gasteiger partial charge in [0.1, 0.15) is 0 Å². The van der Waals surface area contributed by atoms with Crippen molar-refractivity contribution in [3.05, 3.63) is 70.1 Å². The van der Waals surface area contributed by atoms with E-state index >= 15 is 0 Å². The maximum absolute atomic E-state index is 3.47. The summed E-state index contributed by atoms with van der Waals surface area (Å²) in [7, 11) is 2.04. The van der Waals surface area contributed by atoms with Gasteiger partial charge < -0.3 is 5.32 Å². The van der Waals surface area contributed by atoms with Crippen LogP contribution in [0, 0.1) is 13.8 Å². The lowest BCUT2D eigenvalue weighted by Gasteiger charge is -2.18. The van der Waals surface area contributed by atoms with E-state index in [4.69, 9.17) is 0 Å². The molecule has 0 bridgehead atoms. The summed E-state index contributed by atoms with van der Waals surface area (Å²) in [5, 5.41) is 4.81. The average Bonchev–Trinajstić information content (AvgIpc) is 2.87. The summed E-state index contributed by atoms with van der Waals surface area (Å²) in [5.74, 6) is 0. The summed E-state index contributed by atoms with van der Waals surface area (Å²) in [6.45, 7) is 4.34. The van der Waals surface area contributed by atoms with Gasteiger partial charge in [-0.1, -0.05) is 42.0 Å². The molecule has 1 N–H and O–H groups in total. The first-order chi connectivity index (χ1) is 9.69. The minimum absolute atomic E-state index is 0.271. The first-order valence-electron chi connectivity index (χ1n) is 6.92. The predicted molar refractivity (Wildman–Crippen MR) is 88.6 cm³/mol. The molecule has 0 spiro atoms. The van der Waals surface area contributed by atoms with Gasteiger partial charge in [-0.15, -0.1) is 11.3 Å². The van der Waals surface area contributed by atoms with Crippen molar-refractivity contribution in [1.82, 2.24) is 5.32 Å². The molecule has 0 saturated carbocycles. The molecule has 0 aliphatic heterocycles. The topological polar surface area (TPSA) is 12.0 Å². The Bertz CT molecular complexity index is 709. The van der Waals surface area contributed by atoms with Crippen LogP contribution in [0.5, 0.6) is 0 Å². The first kappa shape index (κ1) is 13.3. The molecule has 0 fully saturated rings. The monoisotopic (exact) mass is 281 g/mol. The zero-order valence-corrected chi connectivity index (χ0v) is 12.9. The second-order valence-electron chi connectivity index (χ2n) is 5.27. The van der Waals surface area contributed by atoms with Crippen molar-refractivity contribution in [1.29, 1.82) is 0 Å². The number of benzene rings is 2. The summed E-state index contributed by atoms with van der Waals surface area (Å²) in [6, 6.07) is 17.8. The zero-order valence-electron chi connectivity index (χ0n) is 12.1. The number of fused-ring (bicyclic) bond motifs is 1. The zero-order chi connectivity index (χ0) is 14.1. The van der Waals surface area contributed by atoms with Crippen LogP contribution in [-0.2, 0) is 0 Å². The molecular weight excluding hydrogens is 262 g/mol. The number of aryl methyl sites for hydroxylation is 2. The fourth-order valence-corrected chi connectivity index (χ4v) is 3.86. The van der Waals surface area contributed by atoms with Gasteiger partial charge in [-0.3, -0.25) is 0 Å². The van der Waals surface area contributed by atoms with Crippen molar-refractivity contribution in [2.75, 3.05) is 7.05 Å². The molecule has 0 aliphatic rings. The average molecular weight is 281 g/mol. The van der Waals surface area contributed by atoms with Crippen molar-refractivity contribution in [2.24, 2.45) is 0 Å². The van der Waals surface area contributed by atoms with Crippen LogP contribution in [0.4, 0.5) is 0 Å². The Morgan fingerprint density at radius 2 is 1.80 bits per heavy atom. The molecule has 3 rings (SSSR count). The lowest BCUT2D eigenvalue weighted by Crippen LogP contribution is -2.17. The van der Waals surface area contributed by atoms with Crippen LogP contribution in [-0.4, -0.2) is 7.05 Å². The lowest BCUT2D eigenvalue weighted by molar-refractivity contribution is 0.699. The molecule has 1 unspecified atom stereocenters. The van der Waals surface area contributed by atoms with Crippen molar-refractivity contribution in [3.8, 4) is 0 Å². The van der Waals surface area contributed by atoms with E-state index in [2.05, 4.69) is 67.7 Å². The van der Waals surface area contributed by atoms with Gasteiger partial charge in [-0.25, -0.2) is 0 Å². The van der Waals surface area contributed by atoms with Crippen molar-refractivity contribution >= 4 is 21.4 Å². The fraction of sp³-hybridized carbons (Fsp3) is 0.222. The quantitative estimate of drug-likeness (QED) is 0.725. The molecule has 0 radical (unpaired) electrons. The third-order valence-electron chi connectivity index (χ3n) is 3.76. The Hall–Kier alpha value is -1.64. The molecule has 102 valence electrons. The molecule has 1 aromatic heterocycles. The Labute approximate surface area is 124 Å². The molecular formula is C18H19NS. The van der Waals surface area contributed by atoms with E-state index in [1.807, 2.05) is 18.4 Å². The highest BCUT2D eigenvalue weighted by Gasteiger charge is 2.16. The molecule has 2 aromatic carbocycles. The standard InChI is InChI=1S/C18H19NS/c1-12-8-9-13(2)15(10-12)18(19-3)17-11-14-6-4-5-7-16(14)20-17/h4-11,18-19H,1-3H3. The summed E-state index contributed by atoms with van der Waals surface area (Å²) in [6.07, 6.45) is 0. The van der Waals surface area contributed by atoms with Gasteiger partial charge in [-0.2, -0.15) is 0 Å². The summed E-state index contributed by atoms with van der Waals surface area (Å²) in [5.41, 5.74) is 4.03. The SMILES string of the molecule is CNC(c1cc2ccccc2s1)c1cc(C)ccc1C. The van der Waals surface area contributed by atoms with Gasteiger partial charge in [0.2, 0.25) is 0 Å². The van der Waals surface area contributed by atoms with Gasteiger partial charge in [0, 0.05) is 9.58 Å². The summed E-state index contributed by atoms with van der Waals surface area (Å²) < 4.78 is 1.35. The number of thiophene rings is 1. The maximum Gasteiger partial charge on any atom is 0.0671 e. The van der Waals surface area contributed by atoms with Gasteiger partial charge in [-0.05, 0) is 49.5 Å². The van der Waals surface area contributed by atoms with Crippen LogP contribution < -0.4 is 5.32 Å². The van der Waals surface area contributed by atoms with E-state index in [0.29, 0.717) is 0 Å². The Morgan fingerprint density at radius 3 is 2.55 bits per heavy atom. The Balaban J connectivity index is 2.11. The van der Waals surface area contributed by atoms with Crippen molar-refractivity contribution < 1.29 is 0 Å². The van der Waals surface area contributed by atoms with Crippen LogP contribution in [0.3, 0.4) is 0 Å². The number of hydrogen-bond donors (Lipinski definition) is 1. The van der Waals surface area contributed by atoms with E-state index in [1.165, 1.54) is 31.7 Å². The lowest BCUT2D eigenvalue weighted by atomic mass is 9.98. The van der Waals surface area contributed by atoms with Gasteiger partial charge in [0.25, 0.3) is 0 Å². The predicted octanol–water partition coefficient (Wildman–Crippen LogP) is 4.83. The molecule has 3 aromatic rings. The van der Waals surface area contributed by atoms with E-state index in [1.54, 1.807) is 0 Å². The molecule has 0 amide bonds. The van der Waals surface area contributed by atoms with Gasteiger partial charge in [0.15, 0.2) is 0 Å². The highest BCUT2D eigenvalue weighted by molar-refractivity contribution is 7.19. The minimum atomic E-state index is 0.271. The third-order valence-corrected chi connectivity index (χ3v) is 4.94. The fourth-order valence-electron chi connectivity index (χ4n) is 2.67. The van der Waals surface area contributed by atoms with Crippen molar-refractivity contribution in [2.45, 2.75) is 19.9 Å². The molecule has 1 nitrogen and oxygen atoms in total. The van der Waals surface area contributed by atoms with E-state index in [-0.39, 0.29) is 6.04 Å². The molecule has 20 heavy (non-hydrogen) atoms. The van der Waals surface area contributed by atoms with Crippen LogP contribution in [0.1, 0.15) is 27.6 Å². The Kier molecular flexibility index (Phi) is 3.60. The maximum atomic E-state index is 3.47. The molecule has 1 heterocycles.